The highest BCUT2D eigenvalue weighted by Crippen LogP contribution is 2.18. The van der Waals surface area contributed by atoms with Crippen LogP contribution in [0.1, 0.15) is 11.1 Å². The number of amides is 1. The van der Waals surface area contributed by atoms with Gasteiger partial charge in [0.2, 0.25) is 15.9 Å². The lowest BCUT2D eigenvalue weighted by molar-refractivity contribution is -0.124. The first kappa shape index (κ1) is 19.5. The molecule has 0 radical (unpaired) electrons. The largest absolute Gasteiger partial charge is 0.354 e. The Kier molecular flexibility index (Phi) is 5.88. The van der Waals surface area contributed by atoms with Crippen molar-refractivity contribution in [2.45, 2.75) is 18.0 Å². The van der Waals surface area contributed by atoms with Crippen molar-refractivity contribution in [3.63, 3.8) is 0 Å². The molecule has 144 valence electrons. The Bertz CT molecular complexity index is 899. The first-order valence-corrected chi connectivity index (χ1v) is 10.1. The maximum Gasteiger partial charge on any atom is 0.243 e. The highest BCUT2D eigenvalue weighted by molar-refractivity contribution is 7.89. The zero-order chi connectivity index (χ0) is 19.4. The number of nitrogens with zero attached hydrogens (tertiary/aromatic N) is 2. The highest BCUT2D eigenvalue weighted by atomic mass is 32.2. The molecule has 6 nitrogen and oxygen atoms in total. The van der Waals surface area contributed by atoms with Crippen molar-refractivity contribution in [2.24, 2.45) is 0 Å². The molecule has 2 aromatic carbocycles. The second-order valence-electron chi connectivity index (χ2n) is 6.59. The second-order valence-corrected chi connectivity index (χ2v) is 8.64. The maximum absolute atomic E-state index is 13.0. The number of hydrogen-bond donors (Lipinski definition) is 1. The Labute approximate surface area is 158 Å². The number of benzene rings is 2. The molecule has 3 rings (SSSR count). The third kappa shape index (κ3) is 4.91. The van der Waals surface area contributed by atoms with Gasteiger partial charge in [-0.15, -0.1) is 0 Å². The summed E-state index contributed by atoms with van der Waals surface area (Å²) in [5, 5.41) is 2.78. The summed E-state index contributed by atoms with van der Waals surface area (Å²) in [6.45, 7) is 2.50. The van der Waals surface area contributed by atoms with Gasteiger partial charge in [0, 0.05) is 33.2 Å². The van der Waals surface area contributed by atoms with Crippen LogP contribution in [0.4, 0.5) is 4.39 Å². The van der Waals surface area contributed by atoms with E-state index in [1.807, 2.05) is 4.90 Å². The molecule has 1 heterocycles. The molecule has 0 spiro atoms. The van der Waals surface area contributed by atoms with Gasteiger partial charge in [-0.25, -0.2) is 12.8 Å². The Morgan fingerprint density at radius 2 is 1.70 bits per heavy atom. The Morgan fingerprint density at radius 1 is 1.07 bits per heavy atom. The van der Waals surface area contributed by atoms with Crippen molar-refractivity contribution in [1.29, 1.82) is 0 Å². The lowest BCUT2D eigenvalue weighted by atomic mass is 10.2. The standard InChI is InChI=1S/C19H22FN3O3S/c1-22(12-15-2-6-17(20)7-3-15)27(25,26)18-8-4-16(5-9-18)13-23-11-10-21-19(24)14-23/h2-9H,10-14H2,1H3,(H,21,24). The van der Waals surface area contributed by atoms with E-state index >= 15 is 0 Å². The molecular weight excluding hydrogens is 369 g/mol. The van der Waals surface area contributed by atoms with E-state index in [2.05, 4.69) is 5.32 Å². The second kappa shape index (κ2) is 8.16. The SMILES string of the molecule is CN(Cc1ccc(F)cc1)S(=O)(=O)c1ccc(CN2CCNC(=O)C2)cc1. The van der Waals surface area contributed by atoms with Gasteiger partial charge in [-0.1, -0.05) is 24.3 Å². The fraction of sp³-hybridized carbons (Fsp3) is 0.316. The van der Waals surface area contributed by atoms with Gasteiger partial charge in [0.15, 0.2) is 0 Å². The quantitative estimate of drug-likeness (QED) is 0.812. The third-order valence-corrected chi connectivity index (χ3v) is 6.29. The molecule has 1 N–H and O–H groups in total. The topological polar surface area (TPSA) is 69.7 Å². The van der Waals surface area contributed by atoms with E-state index in [4.69, 9.17) is 0 Å². The van der Waals surface area contributed by atoms with E-state index in [1.165, 1.54) is 23.5 Å². The predicted molar refractivity (Wildman–Crippen MR) is 99.8 cm³/mol. The van der Waals surface area contributed by atoms with Crippen LogP contribution in [0.3, 0.4) is 0 Å². The fourth-order valence-electron chi connectivity index (χ4n) is 2.96. The molecule has 2 aromatic rings. The van der Waals surface area contributed by atoms with E-state index in [0.29, 0.717) is 25.2 Å². The van der Waals surface area contributed by atoms with E-state index in [-0.39, 0.29) is 23.2 Å². The van der Waals surface area contributed by atoms with Crippen molar-refractivity contribution < 1.29 is 17.6 Å². The molecule has 1 fully saturated rings. The molecule has 1 aliphatic rings. The zero-order valence-corrected chi connectivity index (χ0v) is 15.9. The minimum absolute atomic E-state index is 0.00265. The molecule has 0 saturated carbocycles. The molecule has 27 heavy (non-hydrogen) atoms. The lowest BCUT2D eigenvalue weighted by Crippen LogP contribution is -2.47. The molecule has 1 aliphatic heterocycles. The summed E-state index contributed by atoms with van der Waals surface area (Å²) in [6.07, 6.45) is 0. The molecule has 8 heteroatoms. The molecule has 0 aromatic heterocycles. The maximum atomic E-state index is 13.0. The normalized spacial score (nSPS) is 15.7. The van der Waals surface area contributed by atoms with Gasteiger partial charge in [-0.05, 0) is 35.4 Å². The van der Waals surface area contributed by atoms with E-state index < -0.39 is 10.0 Å². The van der Waals surface area contributed by atoms with Crippen molar-refractivity contribution in [2.75, 3.05) is 26.7 Å². The van der Waals surface area contributed by atoms with E-state index in [1.54, 1.807) is 36.4 Å². The molecule has 0 atom stereocenters. The summed E-state index contributed by atoms with van der Waals surface area (Å²) in [4.78, 5) is 13.7. The van der Waals surface area contributed by atoms with Gasteiger partial charge >= 0.3 is 0 Å². The summed E-state index contributed by atoms with van der Waals surface area (Å²) in [5.41, 5.74) is 1.66. The summed E-state index contributed by atoms with van der Waals surface area (Å²) < 4.78 is 39.7. The Balaban J connectivity index is 1.67. The van der Waals surface area contributed by atoms with E-state index in [0.717, 1.165) is 12.1 Å². The zero-order valence-electron chi connectivity index (χ0n) is 15.1. The van der Waals surface area contributed by atoms with Crippen LogP contribution in [0.5, 0.6) is 0 Å². The van der Waals surface area contributed by atoms with Gasteiger partial charge in [0.25, 0.3) is 0 Å². The van der Waals surface area contributed by atoms with Gasteiger partial charge in [-0.2, -0.15) is 4.31 Å². The lowest BCUT2D eigenvalue weighted by Gasteiger charge is -2.26. The minimum atomic E-state index is -3.64. The van der Waals surface area contributed by atoms with Crippen molar-refractivity contribution >= 4 is 15.9 Å². The van der Waals surface area contributed by atoms with Crippen molar-refractivity contribution in [3.8, 4) is 0 Å². The Morgan fingerprint density at radius 3 is 2.33 bits per heavy atom. The Hall–Kier alpha value is -2.29. The van der Waals surface area contributed by atoms with Crippen LogP contribution in [0.2, 0.25) is 0 Å². The summed E-state index contributed by atoms with van der Waals surface area (Å²) in [7, 11) is -2.15. The number of halogens is 1. The average Bonchev–Trinajstić information content (AvgIpc) is 2.64. The van der Waals surface area contributed by atoms with E-state index in [9.17, 15) is 17.6 Å². The average molecular weight is 391 g/mol. The van der Waals surface area contributed by atoms with Gasteiger partial charge in [0.05, 0.1) is 11.4 Å². The summed E-state index contributed by atoms with van der Waals surface area (Å²) in [5.74, 6) is -0.353. The minimum Gasteiger partial charge on any atom is -0.354 e. The number of sulfonamides is 1. The van der Waals surface area contributed by atoms with Crippen LogP contribution < -0.4 is 5.32 Å². The van der Waals surface area contributed by atoms with Crippen LogP contribution >= 0.6 is 0 Å². The number of carbonyl (C=O) groups is 1. The summed E-state index contributed by atoms with van der Waals surface area (Å²) >= 11 is 0. The van der Waals surface area contributed by atoms with Crippen LogP contribution in [0, 0.1) is 5.82 Å². The van der Waals surface area contributed by atoms with Crippen molar-refractivity contribution in [1.82, 2.24) is 14.5 Å². The van der Waals surface area contributed by atoms with Gasteiger partial charge in [-0.3, -0.25) is 9.69 Å². The molecule has 0 bridgehead atoms. The first-order valence-electron chi connectivity index (χ1n) is 8.63. The smallest absolute Gasteiger partial charge is 0.243 e. The first-order chi connectivity index (χ1) is 12.8. The van der Waals surface area contributed by atoms with Gasteiger partial charge in [0.1, 0.15) is 5.82 Å². The molecule has 1 amide bonds. The highest BCUT2D eigenvalue weighted by Gasteiger charge is 2.21. The molecular formula is C19H22FN3O3S. The number of nitrogens with one attached hydrogen (secondary N) is 1. The van der Waals surface area contributed by atoms with Crippen LogP contribution in [-0.4, -0.2) is 50.2 Å². The van der Waals surface area contributed by atoms with Crippen LogP contribution in [-0.2, 0) is 27.9 Å². The predicted octanol–water partition coefficient (Wildman–Crippen LogP) is 1.58. The third-order valence-electron chi connectivity index (χ3n) is 4.47. The van der Waals surface area contributed by atoms with Crippen LogP contribution in [0.25, 0.3) is 0 Å². The number of carbonyl (C=O) groups excluding carboxylic acids is 1. The van der Waals surface area contributed by atoms with Gasteiger partial charge < -0.3 is 5.32 Å². The fourth-order valence-corrected chi connectivity index (χ4v) is 4.12. The summed E-state index contributed by atoms with van der Waals surface area (Å²) in [6, 6.07) is 12.5. The molecule has 0 unspecified atom stereocenters. The van der Waals surface area contributed by atoms with Crippen molar-refractivity contribution in [3.05, 3.63) is 65.5 Å². The number of hydrogen-bond acceptors (Lipinski definition) is 4. The molecule has 0 aliphatic carbocycles. The number of rotatable bonds is 6. The monoisotopic (exact) mass is 391 g/mol. The number of piperazine rings is 1. The van der Waals surface area contributed by atoms with Crippen LogP contribution in [0.15, 0.2) is 53.4 Å². The molecule has 1 saturated heterocycles.